The lowest BCUT2D eigenvalue weighted by molar-refractivity contribution is -0.131. The molecule has 0 spiro atoms. The lowest BCUT2D eigenvalue weighted by atomic mass is 9.95. The predicted molar refractivity (Wildman–Crippen MR) is 110 cm³/mol. The van der Waals surface area contributed by atoms with Crippen molar-refractivity contribution in [1.29, 1.82) is 0 Å². The molecule has 1 fully saturated rings. The molecular weight excluding hydrogens is 384 g/mol. The minimum atomic E-state index is -0.997. The van der Waals surface area contributed by atoms with Crippen molar-refractivity contribution in [2.45, 2.75) is 44.8 Å². The zero-order valence-corrected chi connectivity index (χ0v) is 16.8. The zero-order chi connectivity index (χ0) is 20.9. The Hall–Kier alpha value is -3.26. The van der Waals surface area contributed by atoms with Gasteiger partial charge in [0.1, 0.15) is 0 Å². The summed E-state index contributed by atoms with van der Waals surface area (Å²) in [5, 5.41) is 17.5. The molecule has 0 saturated heterocycles. The molecule has 3 aromatic rings. The molecule has 1 N–H and O–H groups in total. The average Bonchev–Trinajstić information content (AvgIpc) is 3.41. The molecule has 0 unspecified atom stereocenters. The number of carboxylic acid groups (broad SMARTS) is 1. The maximum absolute atomic E-state index is 10.7. The second-order valence-corrected chi connectivity index (χ2v) is 7.39. The molecule has 2 aromatic heterocycles. The van der Waals surface area contributed by atoms with Gasteiger partial charge >= 0.3 is 5.97 Å². The largest absolute Gasteiger partial charge is 0.478 e. The molecule has 30 heavy (non-hydrogen) atoms. The van der Waals surface area contributed by atoms with Crippen LogP contribution in [0.5, 0.6) is 0 Å². The van der Waals surface area contributed by atoms with E-state index >= 15 is 0 Å². The number of aliphatic carboxylic acids is 1. The quantitative estimate of drug-likeness (QED) is 0.580. The van der Waals surface area contributed by atoms with Crippen molar-refractivity contribution in [2.75, 3.05) is 7.11 Å². The van der Waals surface area contributed by atoms with Crippen molar-refractivity contribution in [3.05, 3.63) is 47.8 Å². The summed E-state index contributed by atoms with van der Waals surface area (Å²) in [6, 6.07) is 7.68. The molecular formula is C22H24N4O4. The Morgan fingerprint density at radius 1 is 1.33 bits per heavy atom. The SMILES string of the molecule is COCc1c(-c2nc(-c3cccc(/C=C/C(=O)O)c3)no2)cnn1C1CCCCC1. The van der Waals surface area contributed by atoms with E-state index in [1.165, 1.54) is 25.3 Å². The molecule has 2 heterocycles. The number of nitrogens with zero attached hydrogens (tertiary/aromatic N) is 4. The Kier molecular flexibility index (Phi) is 6.04. The van der Waals surface area contributed by atoms with Crippen LogP contribution >= 0.6 is 0 Å². The van der Waals surface area contributed by atoms with Crippen LogP contribution < -0.4 is 0 Å². The maximum Gasteiger partial charge on any atom is 0.328 e. The molecule has 1 aromatic carbocycles. The summed E-state index contributed by atoms with van der Waals surface area (Å²) in [5.41, 5.74) is 3.21. The zero-order valence-electron chi connectivity index (χ0n) is 16.8. The number of methoxy groups -OCH3 is 1. The first-order valence-electron chi connectivity index (χ1n) is 10.1. The van der Waals surface area contributed by atoms with Gasteiger partial charge < -0.3 is 14.4 Å². The van der Waals surface area contributed by atoms with E-state index in [0.29, 0.717) is 24.4 Å². The fraction of sp³-hybridized carbons (Fsp3) is 0.364. The van der Waals surface area contributed by atoms with E-state index in [1.54, 1.807) is 13.3 Å². The van der Waals surface area contributed by atoms with Gasteiger partial charge in [-0.2, -0.15) is 10.1 Å². The van der Waals surface area contributed by atoms with Gasteiger partial charge in [-0.05, 0) is 30.5 Å². The van der Waals surface area contributed by atoms with Crippen molar-refractivity contribution in [3.63, 3.8) is 0 Å². The average molecular weight is 408 g/mol. The van der Waals surface area contributed by atoms with Crippen LogP contribution in [0.2, 0.25) is 0 Å². The number of hydrogen-bond donors (Lipinski definition) is 1. The van der Waals surface area contributed by atoms with Gasteiger partial charge in [0.25, 0.3) is 5.89 Å². The third kappa shape index (κ3) is 4.33. The predicted octanol–water partition coefficient (Wildman–Crippen LogP) is 4.35. The third-order valence-corrected chi connectivity index (χ3v) is 5.32. The number of aromatic nitrogens is 4. The van der Waals surface area contributed by atoms with Gasteiger partial charge in [-0.3, -0.25) is 4.68 Å². The number of hydrogen-bond acceptors (Lipinski definition) is 6. The number of ether oxygens (including phenoxy) is 1. The molecule has 8 heteroatoms. The van der Waals surface area contributed by atoms with Crippen LogP contribution in [0.4, 0.5) is 0 Å². The first kappa shape index (κ1) is 20.0. The van der Waals surface area contributed by atoms with Crippen LogP contribution in [-0.2, 0) is 16.1 Å². The summed E-state index contributed by atoms with van der Waals surface area (Å²) in [7, 11) is 1.66. The highest BCUT2D eigenvalue weighted by Crippen LogP contribution is 2.33. The minimum Gasteiger partial charge on any atom is -0.478 e. The van der Waals surface area contributed by atoms with Gasteiger partial charge in [0, 0.05) is 18.7 Å². The third-order valence-electron chi connectivity index (χ3n) is 5.32. The van der Waals surface area contributed by atoms with Gasteiger partial charge in [-0.1, -0.05) is 42.6 Å². The van der Waals surface area contributed by atoms with Crippen LogP contribution in [0, 0.1) is 0 Å². The van der Waals surface area contributed by atoms with E-state index < -0.39 is 5.97 Å². The highest BCUT2D eigenvalue weighted by Gasteiger charge is 2.24. The molecule has 0 radical (unpaired) electrons. The van der Waals surface area contributed by atoms with Crippen LogP contribution in [-0.4, -0.2) is 38.1 Å². The van der Waals surface area contributed by atoms with Crippen molar-refractivity contribution in [3.8, 4) is 22.8 Å². The summed E-state index contributed by atoms with van der Waals surface area (Å²) in [5.74, 6) is -0.169. The van der Waals surface area contributed by atoms with Crippen LogP contribution in [0.25, 0.3) is 28.9 Å². The fourth-order valence-corrected chi connectivity index (χ4v) is 3.89. The first-order valence-corrected chi connectivity index (χ1v) is 10.1. The van der Waals surface area contributed by atoms with Crippen molar-refractivity contribution < 1.29 is 19.2 Å². The van der Waals surface area contributed by atoms with E-state index in [0.717, 1.165) is 41.3 Å². The topological polar surface area (TPSA) is 103 Å². The Balaban J connectivity index is 1.63. The summed E-state index contributed by atoms with van der Waals surface area (Å²) in [4.78, 5) is 15.3. The number of benzene rings is 1. The van der Waals surface area contributed by atoms with Gasteiger partial charge in [-0.25, -0.2) is 4.79 Å². The lowest BCUT2D eigenvalue weighted by Gasteiger charge is -2.24. The lowest BCUT2D eigenvalue weighted by Crippen LogP contribution is -2.17. The molecule has 1 aliphatic carbocycles. The van der Waals surface area contributed by atoms with E-state index in [4.69, 9.17) is 14.4 Å². The Bertz CT molecular complexity index is 1050. The van der Waals surface area contributed by atoms with Crippen molar-refractivity contribution in [1.82, 2.24) is 19.9 Å². The Morgan fingerprint density at radius 3 is 2.93 bits per heavy atom. The van der Waals surface area contributed by atoms with Gasteiger partial charge in [-0.15, -0.1) is 0 Å². The van der Waals surface area contributed by atoms with E-state index in [9.17, 15) is 4.79 Å². The second-order valence-electron chi connectivity index (χ2n) is 7.39. The van der Waals surface area contributed by atoms with Crippen LogP contribution in [0.1, 0.15) is 49.4 Å². The summed E-state index contributed by atoms with van der Waals surface area (Å²) < 4.78 is 13.0. The fourth-order valence-electron chi connectivity index (χ4n) is 3.89. The molecule has 156 valence electrons. The molecule has 0 aliphatic heterocycles. The van der Waals surface area contributed by atoms with Crippen LogP contribution in [0.15, 0.2) is 41.1 Å². The van der Waals surface area contributed by atoms with E-state index in [-0.39, 0.29) is 0 Å². The summed E-state index contributed by atoms with van der Waals surface area (Å²) in [6.07, 6.45) is 10.3. The molecule has 0 bridgehead atoms. The minimum absolute atomic E-state index is 0.373. The van der Waals surface area contributed by atoms with Gasteiger partial charge in [0.15, 0.2) is 0 Å². The normalized spacial score (nSPS) is 15.1. The highest BCUT2D eigenvalue weighted by atomic mass is 16.5. The summed E-state index contributed by atoms with van der Waals surface area (Å²) in [6.45, 7) is 0.416. The monoisotopic (exact) mass is 408 g/mol. The molecule has 8 nitrogen and oxygen atoms in total. The Labute approximate surface area is 174 Å². The molecule has 1 saturated carbocycles. The first-order chi connectivity index (χ1) is 14.7. The number of carboxylic acids is 1. The van der Waals surface area contributed by atoms with Crippen molar-refractivity contribution in [2.24, 2.45) is 0 Å². The molecule has 4 rings (SSSR count). The molecule has 1 aliphatic rings. The number of rotatable bonds is 7. The standard InChI is InChI=1S/C22H24N4O4/c1-29-14-19-18(13-23-26(19)17-8-3-2-4-9-17)22-24-21(25-30-22)16-7-5-6-15(12-16)10-11-20(27)28/h5-7,10-13,17H,2-4,8-9,14H2,1H3,(H,27,28)/b11-10+. The molecule has 0 atom stereocenters. The smallest absolute Gasteiger partial charge is 0.328 e. The maximum atomic E-state index is 10.7. The van der Waals surface area contributed by atoms with E-state index in [2.05, 4.69) is 19.9 Å². The van der Waals surface area contributed by atoms with E-state index in [1.807, 2.05) is 24.3 Å². The molecule has 0 amide bonds. The highest BCUT2D eigenvalue weighted by molar-refractivity contribution is 5.85. The van der Waals surface area contributed by atoms with Gasteiger partial charge in [0.05, 0.1) is 30.1 Å². The summed E-state index contributed by atoms with van der Waals surface area (Å²) >= 11 is 0. The van der Waals surface area contributed by atoms with Gasteiger partial charge in [0.2, 0.25) is 5.82 Å². The Morgan fingerprint density at radius 2 is 2.17 bits per heavy atom. The number of carbonyl (C=O) groups is 1. The van der Waals surface area contributed by atoms with Crippen LogP contribution in [0.3, 0.4) is 0 Å². The van der Waals surface area contributed by atoms with Crippen molar-refractivity contribution >= 4 is 12.0 Å². The second kappa shape index (κ2) is 9.04.